The number of rotatable bonds is 8. The van der Waals surface area contributed by atoms with Gasteiger partial charge in [0.1, 0.15) is 0 Å². The summed E-state index contributed by atoms with van der Waals surface area (Å²) in [5.41, 5.74) is 0.729. The normalized spacial score (nSPS) is 15.5. The molecule has 1 aromatic carbocycles. The Kier molecular flexibility index (Phi) is 11.6. The zero-order valence-corrected chi connectivity index (χ0v) is 18.4. The van der Waals surface area contributed by atoms with Crippen LogP contribution in [0.4, 0.5) is 4.39 Å². The van der Waals surface area contributed by atoms with Gasteiger partial charge in [-0.15, -0.1) is 24.0 Å². The number of nitrogens with one attached hydrogen (secondary N) is 1. The molecule has 1 aliphatic rings. The van der Waals surface area contributed by atoms with E-state index in [9.17, 15) is 9.50 Å². The van der Waals surface area contributed by atoms with Crippen LogP contribution in [0.1, 0.15) is 31.7 Å². The maximum Gasteiger partial charge on any atom is 0.194 e. The predicted molar refractivity (Wildman–Crippen MR) is 115 cm³/mol. The van der Waals surface area contributed by atoms with Gasteiger partial charge in [0.2, 0.25) is 0 Å². The molecule has 27 heavy (non-hydrogen) atoms. The Bertz CT molecular complexity index is 581. The first-order chi connectivity index (χ1) is 12.6. The third kappa shape index (κ3) is 8.18. The molecule has 0 unspecified atom stereocenters. The van der Waals surface area contributed by atoms with Crippen molar-refractivity contribution in [2.24, 2.45) is 4.99 Å². The second kappa shape index (κ2) is 13.1. The standard InChI is InChI=1S/C19H30FN3O3.HI/c1-3-21-19(22-14-15-5-6-18(24)17(20)13-15)23-9-7-16(8-10-23)26-12-4-11-25-2;/h5-6,13,16,24H,3-4,7-12,14H2,1-2H3,(H,21,22);1H. The average Bonchev–Trinajstić information content (AvgIpc) is 2.65. The summed E-state index contributed by atoms with van der Waals surface area (Å²) in [6.07, 6.45) is 3.14. The van der Waals surface area contributed by atoms with Gasteiger partial charge in [0.25, 0.3) is 0 Å². The summed E-state index contributed by atoms with van der Waals surface area (Å²) in [7, 11) is 1.70. The first-order valence-electron chi connectivity index (χ1n) is 9.25. The van der Waals surface area contributed by atoms with E-state index in [0.29, 0.717) is 6.54 Å². The molecular formula is C19H31FIN3O3. The highest BCUT2D eigenvalue weighted by Crippen LogP contribution is 2.17. The van der Waals surface area contributed by atoms with Gasteiger partial charge in [0, 0.05) is 40.0 Å². The van der Waals surface area contributed by atoms with Crippen LogP contribution in [0.3, 0.4) is 0 Å². The number of nitrogens with zero attached hydrogens (tertiary/aromatic N) is 2. The van der Waals surface area contributed by atoms with Crippen LogP contribution in [-0.2, 0) is 16.0 Å². The van der Waals surface area contributed by atoms with E-state index in [1.807, 2.05) is 6.92 Å². The summed E-state index contributed by atoms with van der Waals surface area (Å²) >= 11 is 0. The van der Waals surface area contributed by atoms with E-state index in [1.54, 1.807) is 13.2 Å². The minimum Gasteiger partial charge on any atom is -0.505 e. The number of benzene rings is 1. The van der Waals surface area contributed by atoms with Gasteiger partial charge in [-0.25, -0.2) is 9.38 Å². The number of piperidine rings is 1. The van der Waals surface area contributed by atoms with Gasteiger partial charge in [-0.05, 0) is 43.9 Å². The summed E-state index contributed by atoms with van der Waals surface area (Å²) in [5, 5.41) is 12.6. The van der Waals surface area contributed by atoms with Crippen molar-refractivity contribution in [2.45, 2.75) is 38.8 Å². The topological polar surface area (TPSA) is 66.3 Å². The lowest BCUT2D eigenvalue weighted by Crippen LogP contribution is -2.47. The van der Waals surface area contributed by atoms with Crippen LogP contribution in [0.2, 0.25) is 0 Å². The fourth-order valence-electron chi connectivity index (χ4n) is 2.93. The van der Waals surface area contributed by atoms with E-state index in [-0.39, 0.29) is 35.8 Å². The van der Waals surface area contributed by atoms with Crippen LogP contribution >= 0.6 is 24.0 Å². The minimum atomic E-state index is -0.617. The Hall–Kier alpha value is -1.13. The first kappa shape index (κ1) is 23.9. The lowest BCUT2D eigenvalue weighted by atomic mass is 10.1. The van der Waals surface area contributed by atoms with Gasteiger partial charge >= 0.3 is 0 Å². The van der Waals surface area contributed by atoms with Crippen molar-refractivity contribution in [2.75, 3.05) is 40.0 Å². The molecule has 0 atom stereocenters. The molecule has 8 heteroatoms. The Labute approximate surface area is 178 Å². The number of halogens is 2. The van der Waals surface area contributed by atoms with Gasteiger partial charge in [0.05, 0.1) is 12.6 Å². The number of likely N-dealkylation sites (tertiary alicyclic amines) is 1. The SMILES string of the molecule is CCNC(=NCc1ccc(O)c(F)c1)N1CCC(OCCCOC)CC1.I. The van der Waals surface area contributed by atoms with Gasteiger partial charge in [-0.1, -0.05) is 6.07 Å². The molecule has 0 spiro atoms. The van der Waals surface area contributed by atoms with Crippen molar-refractivity contribution in [1.29, 1.82) is 0 Å². The molecule has 1 heterocycles. The quantitative estimate of drug-likeness (QED) is 0.251. The maximum absolute atomic E-state index is 13.5. The largest absolute Gasteiger partial charge is 0.505 e. The van der Waals surface area contributed by atoms with Crippen molar-refractivity contribution in [3.05, 3.63) is 29.6 Å². The monoisotopic (exact) mass is 495 g/mol. The van der Waals surface area contributed by atoms with Crippen molar-refractivity contribution < 1.29 is 19.0 Å². The van der Waals surface area contributed by atoms with Crippen molar-refractivity contribution in [3.8, 4) is 5.75 Å². The van der Waals surface area contributed by atoms with Crippen LogP contribution in [0, 0.1) is 5.82 Å². The van der Waals surface area contributed by atoms with E-state index in [2.05, 4.69) is 15.2 Å². The number of hydrogen-bond donors (Lipinski definition) is 2. The Morgan fingerprint density at radius 3 is 2.70 bits per heavy atom. The molecule has 2 rings (SSSR count). The lowest BCUT2D eigenvalue weighted by molar-refractivity contribution is 0.00990. The zero-order valence-electron chi connectivity index (χ0n) is 16.1. The second-order valence-corrected chi connectivity index (χ2v) is 6.36. The lowest BCUT2D eigenvalue weighted by Gasteiger charge is -2.34. The molecule has 1 saturated heterocycles. The molecule has 6 nitrogen and oxygen atoms in total. The smallest absolute Gasteiger partial charge is 0.194 e. The number of aromatic hydroxyl groups is 1. The fraction of sp³-hybridized carbons (Fsp3) is 0.632. The van der Waals surface area contributed by atoms with Gasteiger partial charge in [-0.2, -0.15) is 0 Å². The van der Waals surface area contributed by atoms with Gasteiger partial charge in [-0.3, -0.25) is 0 Å². The average molecular weight is 495 g/mol. The number of hydrogen-bond acceptors (Lipinski definition) is 4. The van der Waals surface area contributed by atoms with Crippen molar-refractivity contribution in [1.82, 2.24) is 10.2 Å². The predicted octanol–water partition coefficient (Wildman–Crippen LogP) is 3.13. The fourth-order valence-corrected chi connectivity index (χ4v) is 2.93. The minimum absolute atomic E-state index is 0. The van der Waals surface area contributed by atoms with Crippen molar-refractivity contribution in [3.63, 3.8) is 0 Å². The first-order valence-corrected chi connectivity index (χ1v) is 9.25. The molecule has 0 radical (unpaired) electrons. The Morgan fingerprint density at radius 1 is 1.33 bits per heavy atom. The molecular weight excluding hydrogens is 464 g/mol. The summed E-state index contributed by atoms with van der Waals surface area (Å²) in [4.78, 5) is 6.83. The van der Waals surface area contributed by atoms with E-state index in [1.165, 1.54) is 12.1 Å². The van der Waals surface area contributed by atoms with E-state index in [0.717, 1.165) is 63.6 Å². The summed E-state index contributed by atoms with van der Waals surface area (Å²) in [5.74, 6) is -0.120. The van der Waals surface area contributed by atoms with Gasteiger partial charge < -0.3 is 24.8 Å². The zero-order chi connectivity index (χ0) is 18.8. The van der Waals surface area contributed by atoms with Crippen LogP contribution in [0.5, 0.6) is 5.75 Å². The third-order valence-electron chi connectivity index (χ3n) is 4.35. The van der Waals surface area contributed by atoms with E-state index >= 15 is 0 Å². The van der Waals surface area contributed by atoms with Crippen molar-refractivity contribution >= 4 is 29.9 Å². The maximum atomic E-state index is 13.5. The highest BCUT2D eigenvalue weighted by molar-refractivity contribution is 14.0. The molecule has 2 N–H and O–H groups in total. The highest BCUT2D eigenvalue weighted by Gasteiger charge is 2.21. The highest BCUT2D eigenvalue weighted by atomic mass is 127. The molecule has 0 saturated carbocycles. The summed E-state index contributed by atoms with van der Waals surface area (Å²) in [6.45, 7) is 6.40. The van der Waals surface area contributed by atoms with E-state index < -0.39 is 5.82 Å². The van der Waals surface area contributed by atoms with Crippen LogP contribution in [-0.4, -0.2) is 62.0 Å². The molecule has 0 aliphatic carbocycles. The number of methoxy groups -OCH3 is 1. The molecule has 1 fully saturated rings. The van der Waals surface area contributed by atoms with E-state index in [4.69, 9.17) is 9.47 Å². The molecule has 1 aromatic rings. The molecule has 154 valence electrons. The van der Waals surface area contributed by atoms with Crippen LogP contribution in [0.25, 0.3) is 0 Å². The molecule has 0 bridgehead atoms. The Morgan fingerprint density at radius 2 is 2.07 bits per heavy atom. The van der Waals surface area contributed by atoms with Crippen LogP contribution in [0.15, 0.2) is 23.2 Å². The van der Waals surface area contributed by atoms with Crippen LogP contribution < -0.4 is 5.32 Å². The number of ether oxygens (including phenoxy) is 2. The summed E-state index contributed by atoms with van der Waals surface area (Å²) in [6, 6.07) is 4.37. The number of phenolic OH excluding ortho intramolecular Hbond substituents is 1. The number of guanidine groups is 1. The Balaban J connectivity index is 0.00000364. The summed E-state index contributed by atoms with van der Waals surface area (Å²) < 4.78 is 24.4. The molecule has 0 amide bonds. The van der Waals surface area contributed by atoms with Gasteiger partial charge in [0.15, 0.2) is 17.5 Å². The molecule has 0 aromatic heterocycles. The third-order valence-corrected chi connectivity index (χ3v) is 4.35. The number of aliphatic imine (C=N–C) groups is 1. The molecule has 1 aliphatic heterocycles. The second-order valence-electron chi connectivity index (χ2n) is 6.36. The number of phenols is 1.